The monoisotopic (exact) mass is 274 g/mol. The van der Waals surface area contributed by atoms with E-state index in [0.717, 1.165) is 17.8 Å². The van der Waals surface area contributed by atoms with Gasteiger partial charge in [-0.3, -0.25) is 0 Å². The third-order valence-corrected chi connectivity index (χ3v) is 5.33. The molecule has 0 aliphatic heterocycles. The van der Waals surface area contributed by atoms with Crippen LogP contribution in [0.5, 0.6) is 0 Å². The highest BCUT2D eigenvalue weighted by atomic mass is 14.4. The zero-order valence-electron chi connectivity index (χ0n) is 12.4. The third-order valence-electron chi connectivity index (χ3n) is 5.33. The van der Waals surface area contributed by atoms with E-state index < -0.39 is 0 Å². The molecule has 4 rings (SSSR count). The average Bonchev–Trinajstić information content (AvgIpc) is 2.56. The molecule has 0 heterocycles. The number of hydrogen-bond donors (Lipinski definition) is 0. The smallest absolute Gasteiger partial charge is 0.00902 e. The minimum absolute atomic E-state index is 0.730. The first kappa shape index (κ1) is 12.9. The lowest BCUT2D eigenvalue weighted by atomic mass is 9.65. The lowest BCUT2D eigenvalue weighted by Crippen LogP contribution is -2.29. The summed E-state index contributed by atoms with van der Waals surface area (Å²) in [5, 5.41) is 0. The molecule has 0 amide bonds. The highest BCUT2D eigenvalue weighted by Gasteiger charge is 2.34. The van der Waals surface area contributed by atoms with Crippen LogP contribution >= 0.6 is 0 Å². The summed E-state index contributed by atoms with van der Waals surface area (Å²) < 4.78 is 0. The Balaban J connectivity index is 1.62. The van der Waals surface area contributed by atoms with Gasteiger partial charge < -0.3 is 0 Å². The van der Waals surface area contributed by atoms with Crippen molar-refractivity contribution in [3.63, 3.8) is 0 Å². The van der Waals surface area contributed by atoms with Crippen molar-refractivity contribution in [1.29, 1.82) is 0 Å². The van der Waals surface area contributed by atoms with Gasteiger partial charge in [-0.1, -0.05) is 73.2 Å². The van der Waals surface area contributed by atoms with E-state index in [9.17, 15) is 0 Å². The second-order valence-corrected chi connectivity index (χ2v) is 6.55. The SMILES string of the molecule is C1=CC2C(Cc3ccccc3)CCCC2c2ccccc21. The number of hydrogen-bond acceptors (Lipinski definition) is 0. The summed E-state index contributed by atoms with van der Waals surface area (Å²) >= 11 is 0. The van der Waals surface area contributed by atoms with Crippen LogP contribution in [0.15, 0.2) is 60.7 Å². The number of fused-ring (bicyclic) bond motifs is 3. The summed E-state index contributed by atoms with van der Waals surface area (Å²) in [6, 6.07) is 20.0. The highest BCUT2D eigenvalue weighted by Crippen LogP contribution is 2.47. The van der Waals surface area contributed by atoms with Crippen LogP contribution in [0.1, 0.15) is 41.9 Å². The van der Waals surface area contributed by atoms with Gasteiger partial charge in [-0.25, -0.2) is 0 Å². The van der Waals surface area contributed by atoms with E-state index in [2.05, 4.69) is 66.7 Å². The molecule has 0 N–H and O–H groups in total. The zero-order valence-corrected chi connectivity index (χ0v) is 12.4. The zero-order chi connectivity index (χ0) is 14.1. The first-order chi connectivity index (χ1) is 10.4. The van der Waals surface area contributed by atoms with Crippen molar-refractivity contribution in [2.45, 2.75) is 31.6 Å². The van der Waals surface area contributed by atoms with Crippen LogP contribution in [0.3, 0.4) is 0 Å². The molecule has 0 bridgehead atoms. The van der Waals surface area contributed by atoms with Crippen LogP contribution in [0.2, 0.25) is 0 Å². The van der Waals surface area contributed by atoms with Gasteiger partial charge in [0.25, 0.3) is 0 Å². The predicted octanol–water partition coefficient (Wildman–Crippen LogP) is 5.46. The molecule has 21 heavy (non-hydrogen) atoms. The molecule has 3 unspecified atom stereocenters. The average molecular weight is 274 g/mol. The van der Waals surface area contributed by atoms with Gasteiger partial charge in [-0.15, -0.1) is 0 Å². The normalized spacial score (nSPS) is 27.0. The first-order valence-corrected chi connectivity index (χ1v) is 8.23. The van der Waals surface area contributed by atoms with E-state index in [1.54, 1.807) is 5.56 Å². The molecule has 0 spiro atoms. The van der Waals surface area contributed by atoms with Gasteiger partial charge in [0, 0.05) is 0 Å². The molecule has 2 aliphatic carbocycles. The molecule has 2 aromatic rings. The predicted molar refractivity (Wildman–Crippen MR) is 89.2 cm³/mol. The summed E-state index contributed by atoms with van der Waals surface area (Å²) in [7, 11) is 0. The standard InChI is InChI=1S/C21H22/c1-2-7-16(8-3-1)15-18-10-6-12-21-19-11-5-4-9-17(19)13-14-20(18)21/h1-5,7-9,11,13-14,18,20-21H,6,10,12,15H2. The van der Waals surface area contributed by atoms with Crippen molar-refractivity contribution < 1.29 is 0 Å². The minimum atomic E-state index is 0.730. The van der Waals surface area contributed by atoms with Crippen molar-refractivity contribution in [2.75, 3.05) is 0 Å². The van der Waals surface area contributed by atoms with Gasteiger partial charge in [-0.05, 0) is 53.7 Å². The second-order valence-electron chi connectivity index (χ2n) is 6.55. The van der Waals surface area contributed by atoms with Gasteiger partial charge in [0.15, 0.2) is 0 Å². The number of allylic oxidation sites excluding steroid dienone is 1. The maximum atomic E-state index is 2.50. The largest absolute Gasteiger partial charge is 0.0799 e. The molecule has 0 heteroatoms. The van der Waals surface area contributed by atoms with Crippen LogP contribution in [0.4, 0.5) is 0 Å². The summed E-state index contributed by atoms with van der Waals surface area (Å²) in [5.41, 5.74) is 4.53. The molecular formula is C21H22. The Labute approximate surface area is 127 Å². The molecule has 2 aromatic carbocycles. The summed E-state index contributed by atoms with van der Waals surface area (Å²) in [6.45, 7) is 0. The Morgan fingerprint density at radius 3 is 2.57 bits per heavy atom. The maximum absolute atomic E-state index is 2.50. The fourth-order valence-corrected chi connectivity index (χ4v) is 4.34. The molecule has 0 radical (unpaired) electrons. The quantitative estimate of drug-likeness (QED) is 0.682. The molecule has 1 fully saturated rings. The van der Waals surface area contributed by atoms with E-state index in [0.29, 0.717) is 0 Å². The van der Waals surface area contributed by atoms with Crippen molar-refractivity contribution in [3.05, 3.63) is 77.4 Å². The molecule has 1 saturated carbocycles. The minimum Gasteiger partial charge on any atom is -0.0799 e. The fraction of sp³-hybridized carbons (Fsp3) is 0.333. The van der Waals surface area contributed by atoms with Crippen LogP contribution < -0.4 is 0 Å². The molecule has 0 saturated heterocycles. The summed E-state index contributed by atoms with van der Waals surface area (Å²) in [5.74, 6) is 2.28. The van der Waals surface area contributed by atoms with Crippen LogP contribution in [-0.2, 0) is 6.42 Å². The Kier molecular flexibility index (Phi) is 3.39. The van der Waals surface area contributed by atoms with E-state index in [4.69, 9.17) is 0 Å². The molecule has 0 nitrogen and oxygen atoms in total. The van der Waals surface area contributed by atoms with Crippen molar-refractivity contribution >= 4 is 6.08 Å². The van der Waals surface area contributed by atoms with Crippen molar-refractivity contribution in [1.82, 2.24) is 0 Å². The Bertz CT molecular complexity index is 638. The van der Waals surface area contributed by atoms with Crippen molar-refractivity contribution in [3.8, 4) is 0 Å². The highest BCUT2D eigenvalue weighted by molar-refractivity contribution is 5.58. The van der Waals surface area contributed by atoms with Crippen LogP contribution in [0, 0.1) is 11.8 Å². The topological polar surface area (TPSA) is 0 Å². The van der Waals surface area contributed by atoms with Gasteiger partial charge in [0.05, 0.1) is 0 Å². The molecule has 106 valence electrons. The Morgan fingerprint density at radius 1 is 0.857 bits per heavy atom. The van der Waals surface area contributed by atoms with Crippen LogP contribution in [0.25, 0.3) is 6.08 Å². The van der Waals surface area contributed by atoms with E-state index >= 15 is 0 Å². The van der Waals surface area contributed by atoms with Gasteiger partial charge in [0.1, 0.15) is 0 Å². The van der Waals surface area contributed by atoms with Crippen LogP contribution in [-0.4, -0.2) is 0 Å². The maximum Gasteiger partial charge on any atom is -0.00902 e. The van der Waals surface area contributed by atoms with E-state index in [1.165, 1.54) is 36.8 Å². The van der Waals surface area contributed by atoms with E-state index in [-0.39, 0.29) is 0 Å². The summed E-state index contributed by atoms with van der Waals surface area (Å²) in [4.78, 5) is 0. The molecule has 2 aliphatic rings. The molecule has 0 aromatic heterocycles. The number of benzene rings is 2. The lowest BCUT2D eigenvalue weighted by Gasteiger charge is -2.40. The first-order valence-electron chi connectivity index (χ1n) is 8.23. The van der Waals surface area contributed by atoms with Gasteiger partial charge in [-0.2, -0.15) is 0 Å². The third kappa shape index (κ3) is 2.44. The van der Waals surface area contributed by atoms with Gasteiger partial charge >= 0.3 is 0 Å². The van der Waals surface area contributed by atoms with Gasteiger partial charge in [0.2, 0.25) is 0 Å². The van der Waals surface area contributed by atoms with E-state index in [1.807, 2.05) is 0 Å². The summed E-state index contributed by atoms with van der Waals surface area (Å²) in [6.07, 6.45) is 10.2. The van der Waals surface area contributed by atoms with Crippen molar-refractivity contribution in [2.24, 2.45) is 11.8 Å². The molecular weight excluding hydrogens is 252 g/mol. The Hall–Kier alpha value is -1.82. The lowest BCUT2D eigenvalue weighted by molar-refractivity contribution is 0.244. The second kappa shape index (κ2) is 5.52. The number of rotatable bonds is 2. The fourth-order valence-electron chi connectivity index (χ4n) is 4.34. The Morgan fingerprint density at radius 2 is 1.67 bits per heavy atom. The molecule has 3 atom stereocenters.